The number of nitrogens with one attached hydrogen (secondary N) is 1. The van der Waals surface area contributed by atoms with E-state index in [9.17, 15) is 4.79 Å². The van der Waals surface area contributed by atoms with Gasteiger partial charge < -0.3 is 15.8 Å². The lowest BCUT2D eigenvalue weighted by Gasteiger charge is -2.33. The molecule has 0 aromatic heterocycles. The minimum absolute atomic E-state index is 0.132. The van der Waals surface area contributed by atoms with Crippen LogP contribution in [0.25, 0.3) is 0 Å². The fourth-order valence-electron chi connectivity index (χ4n) is 1.47. The summed E-state index contributed by atoms with van der Waals surface area (Å²) >= 11 is 0. The van der Waals surface area contributed by atoms with Gasteiger partial charge in [-0.3, -0.25) is 4.79 Å². The van der Waals surface area contributed by atoms with Gasteiger partial charge in [-0.25, -0.2) is 0 Å². The summed E-state index contributed by atoms with van der Waals surface area (Å²) in [6, 6.07) is 0.964. The molecule has 0 aliphatic heterocycles. The zero-order valence-corrected chi connectivity index (χ0v) is 8.08. The lowest BCUT2D eigenvalue weighted by Crippen LogP contribution is -2.48. The van der Waals surface area contributed by atoms with E-state index in [2.05, 4.69) is 10.1 Å². The van der Waals surface area contributed by atoms with Crippen molar-refractivity contribution >= 4 is 5.97 Å². The zero-order chi connectivity index (χ0) is 9.68. The fourth-order valence-corrected chi connectivity index (χ4v) is 1.47. The molecule has 76 valence electrons. The maximum atomic E-state index is 10.7. The van der Waals surface area contributed by atoms with E-state index in [1.807, 2.05) is 0 Å². The van der Waals surface area contributed by atoms with Gasteiger partial charge in [0.2, 0.25) is 0 Å². The molecule has 1 aliphatic rings. The summed E-state index contributed by atoms with van der Waals surface area (Å²) in [5.74, 6) is -0.132. The summed E-state index contributed by atoms with van der Waals surface area (Å²) in [5, 5.41) is 3.34. The quantitative estimate of drug-likeness (QED) is 0.469. The Kier molecular flexibility index (Phi) is 4.18. The predicted molar refractivity (Wildman–Crippen MR) is 50.3 cm³/mol. The van der Waals surface area contributed by atoms with Crippen molar-refractivity contribution in [1.82, 2.24) is 5.32 Å². The number of esters is 1. The largest absolute Gasteiger partial charge is 0.469 e. The number of hydrogen-bond acceptors (Lipinski definition) is 4. The van der Waals surface area contributed by atoms with Crippen LogP contribution in [0.4, 0.5) is 0 Å². The molecule has 13 heavy (non-hydrogen) atoms. The van der Waals surface area contributed by atoms with Crippen LogP contribution in [0.5, 0.6) is 0 Å². The molecule has 0 heterocycles. The minimum Gasteiger partial charge on any atom is -0.469 e. The number of nitrogens with two attached hydrogens (primary N) is 1. The van der Waals surface area contributed by atoms with Gasteiger partial charge in [-0.15, -0.1) is 0 Å². The molecule has 1 aliphatic carbocycles. The molecule has 4 nitrogen and oxygen atoms in total. The number of carbonyl (C=O) groups is 1. The molecule has 1 fully saturated rings. The second kappa shape index (κ2) is 5.19. The van der Waals surface area contributed by atoms with E-state index in [-0.39, 0.29) is 5.97 Å². The van der Waals surface area contributed by atoms with Gasteiger partial charge in [-0.2, -0.15) is 0 Å². The van der Waals surface area contributed by atoms with Crippen molar-refractivity contribution in [2.75, 3.05) is 13.7 Å². The molecule has 0 saturated heterocycles. The van der Waals surface area contributed by atoms with Crippen LogP contribution in [-0.2, 0) is 9.53 Å². The topological polar surface area (TPSA) is 64.3 Å². The lowest BCUT2D eigenvalue weighted by atomic mass is 9.87. The van der Waals surface area contributed by atoms with Crippen molar-refractivity contribution < 1.29 is 9.53 Å². The van der Waals surface area contributed by atoms with Crippen LogP contribution in [0, 0.1) is 0 Å². The molecule has 0 aromatic rings. The Morgan fingerprint density at radius 1 is 1.62 bits per heavy atom. The Morgan fingerprint density at radius 2 is 2.31 bits per heavy atom. The van der Waals surface area contributed by atoms with Crippen molar-refractivity contribution in [2.24, 2.45) is 5.73 Å². The number of hydrogen-bond donors (Lipinski definition) is 2. The number of methoxy groups -OCH3 is 1. The zero-order valence-electron chi connectivity index (χ0n) is 8.08. The first-order valence-electron chi connectivity index (χ1n) is 4.78. The van der Waals surface area contributed by atoms with Crippen LogP contribution in [0.15, 0.2) is 0 Å². The van der Waals surface area contributed by atoms with Crippen LogP contribution in [0.1, 0.15) is 25.7 Å². The molecule has 3 N–H and O–H groups in total. The minimum atomic E-state index is -0.132. The first kappa shape index (κ1) is 10.5. The molecule has 0 spiro atoms. The van der Waals surface area contributed by atoms with E-state index in [1.54, 1.807) is 0 Å². The highest BCUT2D eigenvalue weighted by Crippen LogP contribution is 2.16. The predicted octanol–water partition coefficient (Wildman–Crippen LogP) is 0.0189. The monoisotopic (exact) mass is 186 g/mol. The maximum absolute atomic E-state index is 10.7. The first-order valence-corrected chi connectivity index (χ1v) is 4.78. The van der Waals surface area contributed by atoms with Crippen molar-refractivity contribution in [3.8, 4) is 0 Å². The summed E-state index contributed by atoms with van der Waals surface area (Å²) in [4.78, 5) is 10.7. The van der Waals surface area contributed by atoms with E-state index >= 15 is 0 Å². The molecule has 0 amide bonds. The maximum Gasteiger partial charge on any atom is 0.305 e. The molecule has 0 bridgehead atoms. The first-order chi connectivity index (χ1) is 6.22. The number of ether oxygens (including phenoxy) is 1. The summed E-state index contributed by atoms with van der Waals surface area (Å²) in [6.07, 6.45) is 3.48. The van der Waals surface area contributed by atoms with Gasteiger partial charge in [0.05, 0.1) is 7.11 Å². The van der Waals surface area contributed by atoms with Crippen LogP contribution in [-0.4, -0.2) is 31.7 Å². The lowest BCUT2D eigenvalue weighted by molar-refractivity contribution is -0.140. The Balaban J connectivity index is 1.87. The van der Waals surface area contributed by atoms with Gasteiger partial charge in [0, 0.05) is 18.5 Å². The summed E-state index contributed by atoms with van der Waals surface area (Å²) < 4.78 is 4.53. The van der Waals surface area contributed by atoms with Crippen LogP contribution in [0.2, 0.25) is 0 Å². The van der Waals surface area contributed by atoms with E-state index in [0.717, 1.165) is 25.8 Å². The summed E-state index contributed by atoms with van der Waals surface area (Å²) in [7, 11) is 1.42. The van der Waals surface area contributed by atoms with E-state index in [4.69, 9.17) is 5.73 Å². The average molecular weight is 186 g/mol. The van der Waals surface area contributed by atoms with Crippen LogP contribution < -0.4 is 11.1 Å². The molecule has 0 unspecified atom stereocenters. The van der Waals surface area contributed by atoms with Crippen molar-refractivity contribution in [3.63, 3.8) is 0 Å². The Hall–Kier alpha value is -0.610. The highest BCUT2D eigenvalue weighted by atomic mass is 16.5. The molecule has 1 rings (SSSR count). The summed E-state index contributed by atoms with van der Waals surface area (Å²) in [5.41, 5.74) is 5.63. The van der Waals surface area contributed by atoms with Crippen molar-refractivity contribution in [1.29, 1.82) is 0 Å². The third-order valence-electron chi connectivity index (χ3n) is 2.39. The third-order valence-corrected chi connectivity index (χ3v) is 2.39. The van der Waals surface area contributed by atoms with Gasteiger partial charge in [-0.05, 0) is 25.8 Å². The van der Waals surface area contributed by atoms with E-state index in [0.29, 0.717) is 18.5 Å². The van der Waals surface area contributed by atoms with E-state index < -0.39 is 0 Å². The highest BCUT2D eigenvalue weighted by Gasteiger charge is 2.24. The van der Waals surface area contributed by atoms with Gasteiger partial charge >= 0.3 is 5.97 Å². The molecule has 0 radical (unpaired) electrons. The molecule has 0 aromatic carbocycles. The average Bonchev–Trinajstić information content (AvgIpc) is 2.08. The molecule has 4 heteroatoms. The van der Waals surface area contributed by atoms with Crippen LogP contribution >= 0.6 is 0 Å². The van der Waals surface area contributed by atoms with Crippen molar-refractivity contribution in [2.45, 2.75) is 37.8 Å². The highest BCUT2D eigenvalue weighted by molar-refractivity contribution is 5.69. The standard InChI is InChI=1S/C9H18N2O2/c1-13-9(12)3-2-4-11-8-5-7(10)6-8/h7-8,11H,2-6,10H2,1H3. The van der Waals surface area contributed by atoms with Crippen molar-refractivity contribution in [3.05, 3.63) is 0 Å². The third kappa shape index (κ3) is 3.74. The smallest absolute Gasteiger partial charge is 0.305 e. The molecular formula is C9H18N2O2. The molecule has 1 saturated carbocycles. The van der Waals surface area contributed by atoms with Gasteiger partial charge in [-0.1, -0.05) is 0 Å². The Morgan fingerprint density at radius 3 is 2.85 bits per heavy atom. The SMILES string of the molecule is COC(=O)CCCNC1CC(N)C1. The molecular weight excluding hydrogens is 168 g/mol. The van der Waals surface area contributed by atoms with Gasteiger partial charge in [0.25, 0.3) is 0 Å². The normalized spacial score (nSPS) is 26.6. The second-order valence-corrected chi connectivity index (χ2v) is 3.56. The van der Waals surface area contributed by atoms with Crippen LogP contribution in [0.3, 0.4) is 0 Å². The van der Waals surface area contributed by atoms with Gasteiger partial charge in [0.15, 0.2) is 0 Å². The Bertz CT molecular complexity index is 167. The fraction of sp³-hybridized carbons (Fsp3) is 0.889. The van der Waals surface area contributed by atoms with E-state index in [1.165, 1.54) is 7.11 Å². The molecule has 0 atom stereocenters. The van der Waals surface area contributed by atoms with Gasteiger partial charge in [0.1, 0.15) is 0 Å². The number of rotatable bonds is 5. The number of carbonyl (C=O) groups excluding carboxylic acids is 1. The Labute approximate surface area is 78.8 Å². The summed E-state index contributed by atoms with van der Waals surface area (Å²) in [6.45, 7) is 0.881. The second-order valence-electron chi connectivity index (χ2n) is 3.56.